The van der Waals surface area contributed by atoms with E-state index in [0.29, 0.717) is 0 Å². The number of ether oxygens (including phenoxy) is 1. The Balaban J connectivity index is 2.87. The summed E-state index contributed by atoms with van der Waals surface area (Å²) in [6.45, 7) is 1.88. The summed E-state index contributed by atoms with van der Waals surface area (Å²) >= 11 is 0. The molecule has 1 nitrogen and oxygen atoms in total. The van der Waals surface area contributed by atoms with Gasteiger partial charge in [-0.25, -0.2) is 0 Å². The van der Waals surface area contributed by atoms with Crippen LogP contribution < -0.4 is 4.74 Å². The van der Waals surface area contributed by atoms with Gasteiger partial charge in [0, 0.05) is 6.42 Å². The summed E-state index contributed by atoms with van der Waals surface area (Å²) in [7, 11) is 1.66. The first-order valence-corrected chi connectivity index (χ1v) is 3.18. The SMILES string of the molecule is C[C]c1cccc(OC)c1. The van der Waals surface area contributed by atoms with Crippen LogP contribution in [0.2, 0.25) is 0 Å². The highest BCUT2D eigenvalue weighted by molar-refractivity contribution is 5.31. The van der Waals surface area contributed by atoms with E-state index in [-0.39, 0.29) is 0 Å². The Morgan fingerprint density at radius 1 is 1.40 bits per heavy atom. The first-order chi connectivity index (χ1) is 4.86. The fourth-order valence-corrected chi connectivity index (χ4v) is 0.779. The third-order valence-corrected chi connectivity index (χ3v) is 1.36. The largest absolute Gasteiger partial charge is 0.497 e. The average Bonchev–Trinajstić information content (AvgIpc) is 2.05. The fraction of sp³-hybridized carbons (Fsp3) is 0.222. The van der Waals surface area contributed by atoms with Gasteiger partial charge in [-0.05, 0) is 17.7 Å². The van der Waals surface area contributed by atoms with Gasteiger partial charge < -0.3 is 4.74 Å². The summed E-state index contributed by atoms with van der Waals surface area (Å²) in [5.41, 5.74) is 1.07. The van der Waals surface area contributed by atoms with Gasteiger partial charge in [-0.1, -0.05) is 19.1 Å². The second kappa shape index (κ2) is 3.25. The van der Waals surface area contributed by atoms with Crippen molar-refractivity contribution in [3.05, 3.63) is 36.2 Å². The van der Waals surface area contributed by atoms with Gasteiger partial charge in [0.25, 0.3) is 0 Å². The van der Waals surface area contributed by atoms with Crippen molar-refractivity contribution in [1.29, 1.82) is 0 Å². The van der Waals surface area contributed by atoms with Crippen molar-refractivity contribution in [3.8, 4) is 5.75 Å². The molecule has 0 spiro atoms. The first-order valence-electron chi connectivity index (χ1n) is 3.18. The van der Waals surface area contributed by atoms with Gasteiger partial charge in [0.1, 0.15) is 5.75 Å². The van der Waals surface area contributed by atoms with Gasteiger partial charge in [0.05, 0.1) is 7.11 Å². The maximum atomic E-state index is 5.02. The van der Waals surface area contributed by atoms with E-state index in [4.69, 9.17) is 4.74 Å². The molecule has 0 N–H and O–H groups in total. The van der Waals surface area contributed by atoms with E-state index < -0.39 is 0 Å². The van der Waals surface area contributed by atoms with E-state index in [1.165, 1.54) is 0 Å². The lowest BCUT2D eigenvalue weighted by Crippen LogP contribution is -1.83. The number of benzene rings is 1. The minimum absolute atomic E-state index is 0.881. The van der Waals surface area contributed by atoms with Crippen molar-refractivity contribution in [3.63, 3.8) is 0 Å². The second-order valence-corrected chi connectivity index (χ2v) is 1.98. The lowest BCUT2D eigenvalue weighted by atomic mass is 10.2. The predicted octanol–water partition coefficient (Wildman–Crippen LogP) is 2.14. The van der Waals surface area contributed by atoms with Crippen molar-refractivity contribution in [2.75, 3.05) is 7.11 Å². The zero-order chi connectivity index (χ0) is 7.40. The van der Waals surface area contributed by atoms with Crippen LogP contribution >= 0.6 is 0 Å². The monoisotopic (exact) mass is 134 g/mol. The standard InChI is InChI=1S/C9H10O/c1-3-8-5-4-6-9(7-8)10-2/h4-7H,1-2H3. The smallest absolute Gasteiger partial charge is 0.119 e. The fourth-order valence-electron chi connectivity index (χ4n) is 0.779. The van der Waals surface area contributed by atoms with Crippen LogP contribution in [0.15, 0.2) is 24.3 Å². The summed E-state index contributed by atoms with van der Waals surface area (Å²) in [5.74, 6) is 0.881. The lowest BCUT2D eigenvalue weighted by molar-refractivity contribution is 0.414. The molecule has 1 heteroatoms. The molecule has 0 atom stereocenters. The van der Waals surface area contributed by atoms with Crippen LogP contribution in [0.3, 0.4) is 0 Å². The molecular weight excluding hydrogens is 124 g/mol. The van der Waals surface area contributed by atoms with Crippen LogP contribution in [-0.2, 0) is 0 Å². The Bertz CT molecular complexity index is 186. The maximum absolute atomic E-state index is 5.02. The highest BCUT2D eigenvalue weighted by atomic mass is 16.5. The Morgan fingerprint density at radius 2 is 2.20 bits per heavy atom. The third kappa shape index (κ3) is 1.50. The third-order valence-electron chi connectivity index (χ3n) is 1.36. The molecule has 1 aromatic rings. The van der Waals surface area contributed by atoms with E-state index >= 15 is 0 Å². The van der Waals surface area contributed by atoms with E-state index in [9.17, 15) is 0 Å². The molecular formula is C9H10O. The molecule has 0 aliphatic rings. The number of methoxy groups -OCH3 is 1. The van der Waals surface area contributed by atoms with Crippen molar-refractivity contribution in [2.24, 2.45) is 0 Å². The summed E-state index contributed by atoms with van der Waals surface area (Å²) < 4.78 is 5.02. The van der Waals surface area contributed by atoms with Crippen molar-refractivity contribution in [1.82, 2.24) is 0 Å². The van der Waals surface area contributed by atoms with Crippen LogP contribution in [0, 0.1) is 6.42 Å². The highest BCUT2D eigenvalue weighted by Crippen LogP contribution is 2.12. The number of hydrogen-bond donors (Lipinski definition) is 0. The molecule has 1 rings (SSSR count). The van der Waals surface area contributed by atoms with Crippen LogP contribution in [-0.4, -0.2) is 7.11 Å². The van der Waals surface area contributed by atoms with Crippen molar-refractivity contribution in [2.45, 2.75) is 6.92 Å². The Morgan fingerprint density at radius 3 is 2.80 bits per heavy atom. The lowest BCUT2D eigenvalue weighted by Gasteiger charge is -1.99. The van der Waals surface area contributed by atoms with Crippen molar-refractivity contribution >= 4 is 0 Å². The summed E-state index contributed by atoms with van der Waals surface area (Å²) in [5, 5.41) is 0. The summed E-state index contributed by atoms with van der Waals surface area (Å²) in [6, 6.07) is 7.80. The zero-order valence-corrected chi connectivity index (χ0v) is 6.22. The molecule has 0 bridgehead atoms. The van der Waals surface area contributed by atoms with Gasteiger partial charge in [-0.15, -0.1) is 0 Å². The molecule has 0 heterocycles. The minimum atomic E-state index is 0.881. The van der Waals surface area contributed by atoms with Crippen LogP contribution in [0.25, 0.3) is 0 Å². The van der Waals surface area contributed by atoms with Gasteiger partial charge in [0.15, 0.2) is 0 Å². The Hall–Kier alpha value is -0.980. The van der Waals surface area contributed by atoms with E-state index in [1.54, 1.807) is 7.11 Å². The highest BCUT2D eigenvalue weighted by Gasteiger charge is 1.91. The van der Waals surface area contributed by atoms with E-state index in [0.717, 1.165) is 11.3 Å². The molecule has 1 aromatic carbocycles. The van der Waals surface area contributed by atoms with Crippen LogP contribution in [0.1, 0.15) is 12.5 Å². The predicted molar refractivity (Wildman–Crippen MR) is 41.0 cm³/mol. The Kier molecular flexibility index (Phi) is 2.32. The molecule has 0 saturated heterocycles. The Labute approximate surface area is 61.6 Å². The first kappa shape index (κ1) is 7.13. The number of rotatable bonds is 2. The molecule has 0 aromatic heterocycles. The average molecular weight is 134 g/mol. The maximum Gasteiger partial charge on any atom is 0.119 e. The van der Waals surface area contributed by atoms with E-state index in [2.05, 4.69) is 6.42 Å². The summed E-state index contributed by atoms with van der Waals surface area (Å²) in [4.78, 5) is 0. The molecule has 0 aliphatic carbocycles. The normalized spacial score (nSPS) is 9.40. The van der Waals surface area contributed by atoms with Gasteiger partial charge >= 0.3 is 0 Å². The molecule has 0 fully saturated rings. The topological polar surface area (TPSA) is 9.23 Å². The molecule has 52 valence electrons. The zero-order valence-electron chi connectivity index (χ0n) is 6.22. The minimum Gasteiger partial charge on any atom is -0.497 e. The number of hydrogen-bond acceptors (Lipinski definition) is 1. The van der Waals surface area contributed by atoms with Crippen molar-refractivity contribution < 1.29 is 4.74 Å². The quantitative estimate of drug-likeness (QED) is 0.602. The molecule has 0 aliphatic heterocycles. The molecule has 10 heavy (non-hydrogen) atoms. The van der Waals surface area contributed by atoms with Crippen LogP contribution in [0.4, 0.5) is 0 Å². The summed E-state index contributed by atoms with van der Waals surface area (Å²) in [6.07, 6.45) is 3.02. The molecule has 2 radical (unpaired) electrons. The molecule has 0 unspecified atom stereocenters. The van der Waals surface area contributed by atoms with E-state index in [1.807, 2.05) is 31.2 Å². The van der Waals surface area contributed by atoms with Gasteiger partial charge in [-0.2, -0.15) is 0 Å². The second-order valence-electron chi connectivity index (χ2n) is 1.98. The van der Waals surface area contributed by atoms with Crippen LogP contribution in [0.5, 0.6) is 5.75 Å². The molecule has 0 saturated carbocycles. The molecule has 0 amide bonds. The van der Waals surface area contributed by atoms with Gasteiger partial charge in [0.2, 0.25) is 0 Å². The van der Waals surface area contributed by atoms with Gasteiger partial charge in [-0.3, -0.25) is 0 Å².